The van der Waals surface area contributed by atoms with Gasteiger partial charge in [-0.25, -0.2) is 4.39 Å². The highest BCUT2D eigenvalue weighted by atomic mass is 35.5. The Hall–Kier alpha value is -0.640. The lowest BCUT2D eigenvalue weighted by Gasteiger charge is -2.41. The molecule has 1 aromatic carbocycles. The molecular formula is C14H19ClFNO. The summed E-state index contributed by atoms with van der Waals surface area (Å²) in [6.45, 7) is 6.48. The summed E-state index contributed by atoms with van der Waals surface area (Å²) in [5.74, 6) is -0.370. The zero-order valence-electron chi connectivity index (χ0n) is 10.8. The molecule has 1 aromatic rings. The first-order chi connectivity index (χ1) is 8.38. The molecule has 18 heavy (non-hydrogen) atoms. The SMILES string of the molecule is CC1(C)CN(Cc2ccc(Cl)c(F)c2)CCC1O. The van der Waals surface area contributed by atoms with Crippen molar-refractivity contribution in [3.05, 3.63) is 34.6 Å². The van der Waals surface area contributed by atoms with Crippen LogP contribution in [-0.2, 0) is 6.54 Å². The number of hydrogen-bond acceptors (Lipinski definition) is 2. The van der Waals surface area contributed by atoms with E-state index < -0.39 is 0 Å². The molecule has 0 amide bonds. The average Bonchev–Trinajstić information content (AvgIpc) is 2.28. The van der Waals surface area contributed by atoms with Crippen LogP contribution in [-0.4, -0.2) is 29.2 Å². The molecular weight excluding hydrogens is 253 g/mol. The van der Waals surface area contributed by atoms with Crippen LogP contribution in [0, 0.1) is 11.2 Å². The van der Waals surface area contributed by atoms with Gasteiger partial charge in [-0.3, -0.25) is 4.90 Å². The van der Waals surface area contributed by atoms with Crippen molar-refractivity contribution in [2.45, 2.75) is 32.9 Å². The standard InChI is InChI=1S/C14H19ClFNO/c1-14(2)9-17(6-5-13(14)18)8-10-3-4-11(15)12(16)7-10/h3-4,7,13,18H,5-6,8-9H2,1-2H3. The van der Waals surface area contributed by atoms with Gasteiger partial charge in [-0.1, -0.05) is 31.5 Å². The Morgan fingerprint density at radius 2 is 2.22 bits per heavy atom. The van der Waals surface area contributed by atoms with Crippen molar-refractivity contribution in [2.24, 2.45) is 5.41 Å². The fourth-order valence-corrected chi connectivity index (χ4v) is 2.61. The second-order valence-electron chi connectivity index (χ2n) is 5.75. The van der Waals surface area contributed by atoms with E-state index in [9.17, 15) is 9.50 Å². The number of rotatable bonds is 2. The minimum absolute atomic E-state index is 0.108. The molecule has 1 unspecified atom stereocenters. The number of hydrogen-bond donors (Lipinski definition) is 1. The molecule has 1 aliphatic rings. The first-order valence-electron chi connectivity index (χ1n) is 6.23. The van der Waals surface area contributed by atoms with Crippen LogP contribution in [0.25, 0.3) is 0 Å². The molecule has 0 radical (unpaired) electrons. The van der Waals surface area contributed by atoms with Crippen LogP contribution in [0.1, 0.15) is 25.8 Å². The van der Waals surface area contributed by atoms with E-state index in [1.54, 1.807) is 6.07 Å². The summed E-state index contributed by atoms with van der Waals surface area (Å²) < 4.78 is 13.4. The van der Waals surface area contributed by atoms with E-state index in [1.807, 2.05) is 6.07 Å². The minimum Gasteiger partial charge on any atom is -0.392 e. The van der Waals surface area contributed by atoms with Gasteiger partial charge in [0.1, 0.15) is 5.82 Å². The largest absolute Gasteiger partial charge is 0.392 e. The maximum absolute atomic E-state index is 13.4. The lowest BCUT2D eigenvalue weighted by atomic mass is 9.81. The number of nitrogens with zero attached hydrogens (tertiary/aromatic N) is 1. The van der Waals surface area contributed by atoms with Crippen LogP contribution in [0.4, 0.5) is 4.39 Å². The van der Waals surface area contributed by atoms with Crippen LogP contribution in [0.15, 0.2) is 18.2 Å². The summed E-state index contributed by atoms with van der Waals surface area (Å²) in [5, 5.41) is 10.1. The van der Waals surface area contributed by atoms with E-state index in [-0.39, 0.29) is 22.4 Å². The van der Waals surface area contributed by atoms with Crippen molar-refractivity contribution < 1.29 is 9.50 Å². The topological polar surface area (TPSA) is 23.5 Å². The molecule has 2 rings (SSSR count). The van der Waals surface area contributed by atoms with Gasteiger partial charge in [0.2, 0.25) is 0 Å². The van der Waals surface area contributed by atoms with Gasteiger partial charge >= 0.3 is 0 Å². The summed E-state index contributed by atoms with van der Waals surface area (Å²) in [6, 6.07) is 4.93. The Kier molecular flexibility index (Phi) is 3.95. The predicted molar refractivity (Wildman–Crippen MR) is 71.1 cm³/mol. The Labute approximate surface area is 112 Å². The highest BCUT2D eigenvalue weighted by Gasteiger charge is 2.34. The van der Waals surface area contributed by atoms with Crippen molar-refractivity contribution in [3.8, 4) is 0 Å². The first-order valence-corrected chi connectivity index (χ1v) is 6.60. The molecule has 0 saturated carbocycles. The Balaban J connectivity index is 2.04. The quantitative estimate of drug-likeness (QED) is 0.894. The smallest absolute Gasteiger partial charge is 0.142 e. The Morgan fingerprint density at radius 1 is 1.50 bits per heavy atom. The summed E-state index contributed by atoms with van der Waals surface area (Å²) in [6.07, 6.45) is 0.513. The van der Waals surface area contributed by atoms with E-state index in [4.69, 9.17) is 11.6 Å². The van der Waals surface area contributed by atoms with Crippen molar-refractivity contribution in [3.63, 3.8) is 0 Å². The van der Waals surface area contributed by atoms with Gasteiger partial charge < -0.3 is 5.11 Å². The molecule has 0 aliphatic carbocycles. The molecule has 1 saturated heterocycles. The molecule has 4 heteroatoms. The number of piperidine rings is 1. The predicted octanol–water partition coefficient (Wildman–Crippen LogP) is 3.07. The number of benzene rings is 1. The zero-order valence-corrected chi connectivity index (χ0v) is 11.5. The molecule has 2 nitrogen and oxygen atoms in total. The average molecular weight is 272 g/mol. The monoisotopic (exact) mass is 271 g/mol. The van der Waals surface area contributed by atoms with Crippen LogP contribution in [0.2, 0.25) is 5.02 Å². The third kappa shape index (κ3) is 3.02. The van der Waals surface area contributed by atoms with Gasteiger partial charge in [-0.15, -0.1) is 0 Å². The molecule has 0 aromatic heterocycles. The summed E-state index contributed by atoms with van der Waals surface area (Å²) in [5.41, 5.74) is 0.813. The van der Waals surface area contributed by atoms with Crippen molar-refractivity contribution in [1.82, 2.24) is 4.90 Å². The second-order valence-corrected chi connectivity index (χ2v) is 6.16. The summed E-state index contributed by atoms with van der Waals surface area (Å²) >= 11 is 5.67. The molecule has 100 valence electrons. The molecule has 1 fully saturated rings. The molecule has 0 spiro atoms. The Bertz CT molecular complexity index is 436. The lowest BCUT2D eigenvalue weighted by Crippen LogP contribution is -2.48. The van der Waals surface area contributed by atoms with Gasteiger partial charge in [0.05, 0.1) is 11.1 Å². The van der Waals surface area contributed by atoms with Gasteiger partial charge in [-0.2, -0.15) is 0 Å². The fourth-order valence-electron chi connectivity index (χ4n) is 2.49. The highest BCUT2D eigenvalue weighted by Crippen LogP contribution is 2.30. The van der Waals surface area contributed by atoms with Crippen molar-refractivity contribution in [1.29, 1.82) is 0 Å². The van der Waals surface area contributed by atoms with Crippen LogP contribution >= 0.6 is 11.6 Å². The van der Waals surface area contributed by atoms with Gasteiger partial charge in [0, 0.05) is 25.0 Å². The van der Waals surface area contributed by atoms with E-state index >= 15 is 0 Å². The number of aliphatic hydroxyl groups excluding tert-OH is 1. The molecule has 1 N–H and O–H groups in total. The first kappa shape index (κ1) is 13.8. The third-order valence-electron chi connectivity index (χ3n) is 3.64. The number of likely N-dealkylation sites (tertiary alicyclic amines) is 1. The summed E-state index contributed by atoms with van der Waals surface area (Å²) in [4.78, 5) is 2.25. The maximum atomic E-state index is 13.4. The van der Waals surface area contributed by atoms with Crippen LogP contribution < -0.4 is 0 Å². The minimum atomic E-state index is -0.370. The van der Waals surface area contributed by atoms with E-state index in [2.05, 4.69) is 18.7 Å². The maximum Gasteiger partial charge on any atom is 0.142 e. The second kappa shape index (κ2) is 5.16. The Morgan fingerprint density at radius 3 is 2.83 bits per heavy atom. The third-order valence-corrected chi connectivity index (χ3v) is 3.95. The molecule has 1 atom stereocenters. The number of halogens is 2. The summed E-state index contributed by atoms with van der Waals surface area (Å²) in [7, 11) is 0. The van der Waals surface area contributed by atoms with Crippen LogP contribution in [0.3, 0.4) is 0 Å². The van der Waals surface area contributed by atoms with E-state index in [0.717, 1.165) is 25.1 Å². The van der Waals surface area contributed by atoms with Gasteiger partial charge in [0.25, 0.3) is 0 Å². The highest BCUT2D eigenvalue weighted by molar-refractivity contribution is 6.30. The van der Waals surface area contributed by atoms with Crippen LogP contribution in [0.5, 0.6) is 0 Å². The van der Waals surface area contributed by atoms with Gasteiger partial charge in [0.15, 0.2) is 0 Å². The van der Waals surface area contributed by atoms with Crippen molar-refractivity contribution in [2.75, 3.05) is 13.1 Å². The number of aliphatic hydroxyl groups is 1. The fraction of sp³-hybridized carbons (Fsp3) is 0.571. The van der Waals surface area contributed by atoms with E-state index in [1.165, 1.54) is 6.07 Å². The molecule has 1 aliphatic heterocycles. The van der Waals surface area contributed by atoms with E-state index in [0.29, 0.717) is 6.54 Å². The zero-order chi connectivity index (χ0) is 13.3. The molecule has 0 bridgehead atoms. The van der Waals surface area contributed by atoms with Gasteiger partial charge in [-0.05, 0) is 24.1 Å². The molecule has 1 heterocycles. The lowest BCUT2D eigenvalue weighted by molar-refractivity contribution is -0.0270. The normalized spacial score (nSPS) is 24.2. The van der Waals surface area contributed by atoms with Crippen molar-refractivity contribution >= 4 is 11.6 Å².